The third-order valence-corrected chi connectivity index (χ3v) is 4.74. The summed E-state index contributed by atoms with van der Waals surface area (Å²) in [5, 5.41) is 0. The molecule has 1 aliphatic heterocycles. The van der Waals surface area contributed by atoms with Crippen molar-refractivity contribution in [1.29, 1.82) is 0 Å². The summed E-state index contributed by atoms with van der Waals surface area (Å²) in [6.07, 6.45) is 5.59. The summed E-state index contributed by atoms with van der Waals surface area (Å²) in [6.45, 7) is 11.8. The van der Waals surface area contributed by atoms with Crippen LogP contribution in [0.1, 0.15) is 39.5 Å². The summed E-state index contributed by atoms with van der Waals surface area (Å²) in [7, 11) is 0. The van der Waals surface area contributed by atoms with Gasteiger partial charge in [-0.2, -0.15) is 0 Å². The third-order valence-electron chi connectivity index (χ3n) is 4.74. The van der Waals surface area contributed by atoms with Crippen LogP contribution in [0.15, 0.2) is 0 Å². The molecule has 1 aliphatic carbocycles. The van der Waals surface area contributed by atoms with E-state index in [9.17, 15) is 0 Å². The molecule has 2 rings (SSSR count). The van der Waals surface area contributed by atoms with Crippen LogP contribution >= 0.6 is 0 Å². The molecule has 2 atom stereocenters. The van der Waals surface area contributed by atoms with E-state index in [-0.39, 0.29) is 0 Å². The van der Waals surface area contributed by atoms with Gasteiger partial charge in [-0.3, -0.25) is 4.90 Å². The predicted octanol–water partition coefficient (Wildman–Crippen LogP) is 1.78. The Balaban J connectivity index is 1.85. The molecule has 1 heterocycles. The minimum Gasteiger partial charge on any atom is -0.329 e. The van der Waals surface area contributed by atoms with Gasteiger partial charge in [-0.25, -0.2) is 0 Å². The van der Waals surface area contributed by atoms with E-state index >= 15 is 0 Å². The van der Waals surface area contributed by atoms with Crippen LogP contribution in [0.2, 0.25) is 0 Å². The normalized spacial score (nSPS) is 36.5. The maximum atomic E-state index is 5.67. The van der Waals surface area contributed by atoms with Crippen molar-refractivity contribution in [2.75, 3.05) is 39.3 Å². The van der Waals surface area contributed by atoms with E-state index in [1.165, 1.54) is 51.9 Å². The lowest BCUT2D eigenvalue weighted by atomic mass is 9.80. The monoisotopic (exact) mass is 253 g/mol. The average Bonchev–Trinajstić information content (AvgIpc) is 2.54. The van der Waals surface area contributed by atoms with Crippen molar-refractivity contribution in [3.05, 3.63) is 0 Å². The number of nitrogens with zero attached hydrogens (tertiary/aromatic N) is 2. The summed E-state index contributed by atoms with van der Waals surface area (Å²) < 4.78 is 0. The van der Waals surface area contributed by atoms with Crippen LogP contribution < -0.4 is 5.73 Å². The fraction of sp³-hybridized carbons (Fsp3) is 1.00. The zero-order valence-corrected chi connectivity index (χ0v) is 12.3. The molecule has 3 nitrogen and oxygen atoms in total. The molecular weight excluding hydrogens is 222 g/mol. The Hall–Kier alpha value is -0.120. The molecule has 3 heteroatoms. The standard InChI is InChI=1S/C15H31N3/c1-13-10-14(2)12-15(11-13)18-6-3-5-17(7-4-16)8-9-18/h13-15H,3-12,16H2,1-2H3. The molecule has 1 saturated heterocycles. The Kier molecular flexibility index (Phi) is 5.46. The first-order valence-electron chi connectivity index (χ1n) is 7.85. The van der Waals surface area contributed by atoms with Gasteiger partial charge in [-0.05, 0) is 50.6 Å². The highest BCUT2D eigenvalue weighted by Crippen LogP contribution is 2.31. The highest BCUT2D eigenvalue weighted by molar-refractivity contribution is 4.84. The van der Waals surface area contributed by atoms with Gasteiger partial charge in [0.15, 0.2) is 0 Å². The second kappa shape index (κ2) is 6.88. The Morgan fingerprint density at radius 2 is 1.67 bits per heavy atom. The van der Waals surface area contributed by atoms with Gasteiger partial charge in [0.2, 0.25) is 0 Å². The molecule has 0 bridgehead atoms. The summed E-state index contributed by atoms with van der Waals surface area (Å²) in [4.78, 5) is 5.30. The van der Waals surface area contributed by atoms with Crippen LogP contribution in [0.25, 0.3) is 0 Å². The second-order valence-electron chi connectivity index (χ2n) is 6.59. The van der Waals surface area contributed by atoms with Gasteiger partial charge < -0.3 is 10.6 Å². The van der Waals surface area contributed by atoms with E-state index in [4.69, 9.17) is 5.73 Å². The average molecular weight is 253 g/mol. The number of hydrogen-bond acceptors (Lipinski definition) is 3. The van der Waals surface area contributed by atoms with Gasteiger partial charge >= 0.3 is 0 Å². The SMILES string of the molecule is CC1CC(C)CC(N2CCCN(CCN)CC2)C1. The molecule has 2 N–H and O–H groups in total. The van der Waals surface area contributed by atoms with Gasteiger partial charge in [0.25, 0.3) is 0 Å². The van der Waals surface area contributed by atoms with Crippen LogP contribution in [0, 0.1) is 11.8 Å². The van der Waals surface area contributed by atoms with Crippen molar-refractivity contribution in [3.8, 4) is 0 Å². The molecule has 0 amide bonds. The first-order chi connectivity index (χ1) is 8.69. The fourth-order valence-electron chi connectivity index (χ4n) is 3.96. The first-order valence-corrected chi connectivity index (χ1v) is 7.85. The first kappa shape index (κ1) is 14.3. The van der Waals surface area contributed by atoms with Crippen molar-refractivity contribution in [2.24, 2.45) is 17.6 Å². The topological polar surface area (TPSA) is 32.5 Å². The zero-order valence-electron chi connectivity index (χ0n) is 12.3. The Labute approximate surface area is 113 Å². The van der Waals surface area contributed by atoms with Crippen molar-refractivity contribution in [2.45, 2.75) is 45.6 Å². The van der Waals surface area contributed by atoms with E-state index in [0.29, 0.717) is 0 Å². The molecule has 0 aromatic heterocycles. The van der Waals surface area contributed by atoms with Gasteiger partial charge in [-0.1, -0.05) is 13.8 Å². The molecule has 0 aromatic rings. The van der Waals surface area contributed by atoms with E-state index in [0.717, 1.165) is 31.0 Å². The molecule has 2 fully saturated rings. The quantitative estimate of drug-likeness (QED) is 0.832. The third kappa shape index (κ3) is 3.94. The smallest absolute Gasteiger partial charge is 0.0112 e. The van der Waals surface area contributed by atoms with E-state index in [2.05, 4.69) is 23.6 Å². The van der Waals surface area contributed by atoms with Gasteiger partial charge in [0.05, 0.1) is 0 Å². The van der Waals surface area contributed by atoms with Gasteiger partial charge in [0.1, 0.15) is 0 Å². The summed E-state index contributed by atoms with van der Waals surface area (Å²) in [6, 6.07) is 0.849. The maximum Gasteiger partial charge on any atom is 0.0112 e. The number of nitrogens with two attached hydrogens (primary N) is 1. The molecule has 2 aliphatic rings. The minimum atomic E-state index is 0.803. The van der Waals surface area contributed by atoms with Crippen LogP contribution in [-0.2, 0) is 0 Å². The molecule has 0 radical (unpaired) electrons. The fourth-order valence-corrected chi connectivity index (χ4v) is 3.96. The predicted molar refractivity (Wildman–Crippen MR) is 77.7 cm³/mol. The molecule has 0 aromatic carbocycles. The van der Waals surface area contributed by atoms with Crippen molar-refractivity contribution < 1.29 is 0 Å². The van der Waals surface area contributed by atoms with Crippen LogP contribution in [0.5, 0.6) is 0 Å². The lowest BCUT2D eigenvalue weighted by Gasteiger charge is -2.38. The second-order valence-corrected chi connectivity index (χ2v) is 6.59. The highest BCUT2D eigenvalue weighted by atomic mass is 15.2. The van der Waals surface area contributed by atoms with Gasteiger partial charge in [-0.15, -0.1) is 0 Å². The van der Waals surface area contributed by atoms with E-state index < -0.39 is 0 Å². The molecule has 0 spiro atoms. The van der Waals surface area contributed by atoms with Crippen LogP contribution in [-0.4, -0.2) is 55.1 Å². The number of hydrogen-bond donors (Lipinski definition) is 1. The zero-order chi connectivity index (χ0) is 13.0. The molecule has 106 valence electrons. The molecule has 18 heavy (non-hydrogen) atoms. The molecule has 1 saturated carbocycles. The maximum absolute atomic E-state index is 5.67. The van der Waals surface area contributed by atoms with Gasteiger partial charge in [0, 0.05) is 32.2 Å². The van der Waals surface area contributed by atoms with Crippen LogP contribution in [0.4, 0.5) is 0 Å². The summed E-state index contributed by atoms with van der Waals surface area (Å²) in [5.74, 6) is 1.84. The molecular formula is C15H31N3. The van der Waals surface area contributed by atoms with E-state index in [1.807, 2.05) is 0 Å². The highest BCUT2D eigenvalue weighted by Gasteiger charge is 2.29. The lowest BCUT2D eigenvalue weighted by molar-refractivity contribution is 0.112. The Morgan fingerprint density at radius 3 is 2.33 bits per heavy atom. The number of rotatable bonds is 3. The lowest BCUT2D eigenvalue weighted by Crippen LogP contribution is -2.42. The summed E-state index contributed by atoms with van der Waals surface area (Å²) >= 11 is 0. The Bertz CT molecular complexity index is 234. The van der Waals surface area contributed by atoms with Crippen molar-refractivity contribution in [1.82, 2.24) is 9.80 Å². The van der Waals surface area contributed by atoms with Crippen LogP contribution in [0.3, 0.4) is 0 Å². The summed E-state index contributed by atoms with van der Waals surface area (Å²) in [5.41, 5.74) is 5.67. The van der Waals surface area contributed by atoms with Crippen molar-refractivity contribution >= 4 is 0 Å². The van der Waals surface area contributed by atoms with E-state index in [1.54, 1.807) is 0 Å². The van der Waals surface area contributed by atoms with Crippen molar-refractivity contribution in [3.63, 3.8) is 0 Å². The largest absolute Gasteiger partial charge is 0.329 e. The Morgan fingerprint density at radius 1 is 0.944 bits per heavy atom. The molecule has 2 unspecified atom stereocenters. The minimum absolute atomic E-state index is 0.803.